The number of hydrogen-bond acceptors (Lipinski definition) is 3. The predicted octanol–water partition coefficient (Wildman–Crippen LogP) is 1.58. The van der Waals surface area contributed by atoms with E-state index in [2.05, 4.69) is 30.8 Å². The molecule has 1 rings (SSSR count). The topological polar surface area (TPSA) is 61.4 Å². The zero-order valence-electron chi connectivity index (χ0n) is 13.4. The maximum absolute atomic E-state index is 12.3. The second kappa shape index (κ2) is 8.32. The molecule has 0 spiro atoms. The lowest BCUT2D eigenvalue weighted by Crippen LogP contribution is -2.45. The van der Waals surface area contributed by atoms with Crippen LogP contribution in [-0.4, -0.2) is 45.4 Å². The summed E-state index contributed by atoms with van der Waals surface area (Å²) < 4.78 is 28.8. The van der Waals surface area contributed by atoms with E-state index in [1.807, 2.05) is 0 Å². The summed E-state index contributed by atoms with van der Waals surface area (Å²) in [5.74, 6) is 1.02. The van der Waals surface area contributed by atoms with Crippen molar-refractivity contribution >= 4 is 10.2 Å². The summed E-state index contributed by atoms with van der Waals surface area (Å²) in [5.41, 5.74) is 0. The summed E-state index contributed by atoms with van der Waals surface area (Å²) >= 11 is 0. The largest absolute Gasteiger partial charge is 0.317 e. The fraction of sp³-hybridized carbons (Fsp3) is 1.00. The van der Waals surface area contributed by atoms with Gasteiger partial charge in [0.1, 0.15) is 0 Å². The van der Waals surface area contributed by atoms with Crippen LogP contribution in [-0.2, 0) is 10.2 Å². The van der Waals surface area contributed by atoms with E-state index in [-0.39, 0.29) is 6.04 Å². The third-order valence-corrected chi connectivity index (χ3v) is 6.03. The van der Waals surface area contributed by atoms with E-state index < -0.39 is 10.2 Å². The van der Waals surface area contributed by atoms with Crippen LogP contribution < -0.4 is 10.0 Å². The summed E-state index contributed by atoms with van der Waals surface area (Å²) in [6.07, 6.45) is 4.01. The van der Waals surface area contributed by atoms with Crippen molar-refractivity contribution in [2.45, 2.75) is 52.5 Å². The quantitative estimate of drug-likeness (QED) is 0.636. The van der Waals surface area contributed by atoms with E-state index in [4.69, 9.17) is 0 Å². The molecule has 2 N–H and O–H groups in total. The lowest BCUT2D eigenvalue weighted by atomic mass is 9.98. The van der Waals surface area contributed by atoms with E-state index in [9.17, 15) is 8.42 Å². The van der Waals surface area contributed by atoms with Crippen LogP contribution in [0.5, 0.6) is 0 Å². The minimum Gasteiger partial charge on any atom is -0.317 e. The normalized spacial score (nSPS) is 27.4. The first-order valence-corrected chi connectivity index (χ1v) is 9.26. The summed E-state index contributed by atoms with van der Waals surface area (Å²) in [5, 5.41) is 3.29. The van der Waals surface area contributed by atoms with Crippen molar-refractivity contribution in [3.63, 3.8) is 0 Å². The Morgan fingerprint density at radius 3 is 2.45 bits per heavy atom. The highest BCUT2D eigenvalue weighted by atomic mass is 32.2. The van der Waals surface area contributed by atoms with E-state index in [0.717, 1.165) is 38.8 Å². The van der Waals surface area contributed by atoms with Gasteiger partial charge in [-0.25, -0.2) is 0 Å². The Hall–Kier alpha value is -0.170. The van der Waals surface area contributed by atoms with Gasteiger partial charge in [0, 0.05) is 19.6 Å². The van der Waals surface area contributed by atoms with Crippen molar-refractivity contribution in [1.82, 2.24) is 14.3 Å². The Labute approximate surface area is 124 Å². The van der Waals surface area contributed by atoms with Crippen molar-refractivity contribution in [3.05, 3.63) is 0 Å². The van der Waals surface area contributed by atoms with E-state index in [1.165, 1.54) is 4.31 Å². The molecule has 0 bridgehead atoms. The Bertz CT molecular complexity index is 373. The highest BCUT2D eigenvalue weighted by Crippen LogP contribution is 2.31. The molecule has 1 aliphatic rings. The van der Waals surface area contributed by atoms with Gasteiger partial charge in [-0.05, 0) is 50.6 Å². The van der Waals surface area contributed by atoms with Crippen molar-refractivity contribution in [2.75, 3.05) is 26.7 Å². The van der Waals surface area contributed by atoms with Gasteiger partial charge in [-0.2, -0.15) is 17.4 Å². The fourth-order valence-corrected chi connectivity index (χ4v) is 3.93. The van der Waals surface area contributed by atoms with Crippen molar-refractivity contribution in [3.8, 4) is 0 Å². The highest BCUT2D eigenvalue weighted by molar-refractivity contribution is 7.87. The van der Waals surface area contributed by atoms with Gasteiger partial charge in [0.2, 0.25) is 0 Å². The molecule has 1 saturated carbocycles. The summed E-state index contributed by atoms with van der Waals surface area (Å²) in [7, 11) is -1.68. The summed E-state index contributed by atoms with van der Waals surface area (Å²) in [6.45, 7) is 8.87. The molecular weight excluding hydrogens is 274 g/mol. The van der Waals surface area contributed by atoms with E-state index in [1.54, 1.807) is 7.05 Å². The molecule has 0 aromatic carbocycles. The summed E-state index contributed by atoms with van der Waals surface area (Å²) in [4.78, 5) is 0. The molecule has 0 aromatic heterocycles. The van der Waals surface area contributed by atoms with Crippen LogP contribution in [0.1, 0.15) is 46.5 Å². The van der Waals surface area contributed by atoms with Crippen LogP contribution in [0.15, 0.2) is 0 Å². The van der Waals surface area contributed by atoms with Gasteiger partial charge in [0.05, 0.1) is 0 Å². The van der Waals surface area contributed by atoms with Crippen molar-refractivity contribution < 1.29 is 8.42 Å². The number of nitrogens with zero attached hydrogens (tertiary/aromatic N) is 1. The zero-order chi connectivity index (χ0) is 15.2. The molecule has 6 heteroatoms. The summed E-state index contributed by atoms with van der Waals surface area (Å²) in [6, 6.07) is 0.0932. The average molecular weight is 305 g/mol. The maximum atomic E-state index is 12.3. The first kappa shape index (κ1) is 17.9. The molecule has 0 aromatic rings. The Kier molecular flexibility index (Phi) is 7.43. The van der Waals surface area contributed by atoms with Gasteiger partial charge in [0.15, 0.2) is 0 Å². The maximum Gasteiger partial charge on any atom is 0.279 e. The molecule has 5 nitrogen and oxygen atoms in total. The number of hydrogen-bond donors (Lipinski definition) is 2. The zero-order valence-corrected chi connectivity index (χ0v) is 14.2. The predicted molar refractivity (Wildman–Crippen MR) is 83.8 cm³/mol. The van der Waals surface area contributed by atoms with Gasteiger partial charge in [-0.15, -0.1) is 0 Å². The van der Waals surface area contributed by atoms with Gasteiger partial charge in [0.25, 0.3) is 10.2 Å². The first-order chi connectivity index (χ1) is 9.38. The van der Waals surface area contributed by atoms with Crippen LogP contribution in [0.2, 0.25) is 0 Å². The second-order valence-electron chi connectivity index (χ2n) is 6.07. The minimum absolute atomic E-state index is 0.0932. The molecule has 3 atom stereocenters. The minimum atomic E-state index is -3.34. The molecule has 120 valence electrons. The number of nitrogens with one attached hydrogen (secondary N) is 2. The Morgan fingerprint density at radius 2 is 1.90 bits per heavy atom. The molecule has 1 fully saturated rings. The van der Waals surface area contributed by atoms with E-state index >= 15 is 0 Å². The molecule has 0 heterocycles. The molecule has 20 heavy (non-hydrogen) atoms. The third-order valence-electron chi connectivity index (χ3n) is 4.43. The van der Waals surface area contributed by atoms with Gasteiger partial charge < -0.3 is 5.32 Å². The lowest BCUT2D eigenvalue weighted by molar-refractivity contribution is 0.384. The van der Waals surface area contributed by atoms with Crippen molar-refractivity contribution in [2.24, 2.45) is 11.8 Å². The molecule has 0 radical (unpaired) electrons. The third kappa shape index (κ3) is 5.31. The molecule has 0 amide bonds. The average Bonchev–Trinajstić information content (AvgIpc) is 2.70. The molecule has 1 aliphatic carbocycles. The standard InChI is InChI=1S/C14H31N3O2S/c1-5-9-15-10-6-11-17(4)20(18,19)16-14-8-7-12(2)13(14)3/h12-16H,5-11H2,1-4H3. The molecule has 0 aliphatic heterocycles. The Balaban J connectivity index is 2.35. The first-order valence-electron chi connectivity index (χ1n) is 7.82. The van der Waals surface area contributed by atoms with Crippen LogP contribution in [0.4, 0.5) is 0 Å². The van der Waals surface area contributed by atoms with Crippen LogP contribution >= 0.6 is 0 Å². The second-order valence-corrected chi connectivity index (χ2v) is 7.88. The van der Waals surface area contributed by atoms with Crippen LogP contribution in [0.3, 0.4) is 0 Å². The van der Waals surface area contributed by atoms with Gasteiger partial charge >= 0.3 is 0 Å². The van der Waals surface area contributed by atoms with E-state index in [0.29, 0.717) is 18.4 Å². The Morgan fingerprint density at radius 1 is 1.20 bits per heavy atom. The van der Waals surface area contributed by atoms with Crippen LogP contribution in [0, 0.1) is 11.8 Å². The monoisotopic (exact) mass is 305 g/mol. The van der Waals surface area contributed by atoms with Crippen molar-refractivity contribution in [1.29, 1.82) is 0 Å². The fourth-order valence-electron chi connectivity index (χ4n) is 2.66. The number of rotatable bonds is 9. The van der Waals surface area contributed by atoms with Gasteiger partial charge in [-0.1, -0.05) is 20.8 Å². The van der Waals surface area contributed by atoms with Crippen LogP contribution in [0.25, 0.3) is 0 Å². The molecule has 3 unspecified atom stereocenters. The SMILES string of the molecule is CCCNCCCN(C)S(=O)(=O)NC1CCC(C)C1C. The highest BCUT2D eigenvalue weighted by Gasteiger charge is 2.33. The molecular formula is C14H31N3O2S. The molecule has 0 saturated heterocycles. The van der Waals surface area contributed by atoms with Gasteiger partial charge in [-0.3, -0.25) is 0 Å². The lowest BCUT2D eigenvalue weighted by Gasteiger charge is -2.24. The smallest absolute Gasteiger partial charge is 0.279 e.